The van der Waals surface area contributed by atoms with Crippen LogP contribution in [0.4, 0.5) is 8.78 Å². The molecule has 3 aromatic rings. The van der Waals surface area contributed by atoms with E-state index in [4.69, 9.17) is 28.4 Å². The van der Waals surface area contributed by atoms with Crippen molar-refractivity contribution in [3.63, 3.8) is 0 Å². The van der Waals surface area contributed by atoms with E-state index in [1.165, 1.54) is 24.3 Å². The molecule has 0 aliphatic carbocycles. The molecule has 0 aliphatic heterocycles. The molecule has 0 radical (unpaired) electrons. The Kier molecular flexibility index (Phi) is 21.3. The molecule has 0 aromatic heterocycles. The fourth-order valence-corrected chi connectivity index (χ4v) is 5.50. The third kappa shape index (κ3) is 17.7. The van der Waals surface area contributed by atoms with Gasteiger partial charge in [0, 0.05) is 11.1 Å². The van der Waals surface area contributed by atoms with Gasteiger partial charge in [-0.2, -0.15) is 8.78 Å². The van der Waals surface area contributed by atoms with Crippen LogP contribution in [0.25, 0.3) is 0 Å². The first kappa shape index (κ1) is 46.9. The van der Waals surface area contributed by atoms with Gasteiger partial charge in [-0.25, -0.2) is 19.2 Å². The van der Waals surface area contributed by atoms with Crippen molar-refractivity contribution in [3.8, 4) is 23.0 Å². The standard InChI is InChI=1S/C46H56F2O10/c1-33(2)43(49)55-31-17-13-9-5-7-11-15-29-53-37-23-19-35(20-24-37)45(51)57-39-27-28-40(42(48)41(39)47)58-46(52)36-21-25-38(26-22-36)54-30-16-12-8-6-10-14-18-32-56-44(50)34(3)4/h19-28H,1,3,5-18,29-32H2,2,4H3. The van der Waals surface area contributed by atoms with Gasteiger partial charge in [-0.3, -0.25) is 0 Å². The average molecular weight is 807 g/mol. The van der Waals surface area contributed by atoms with Crippen LogP contribution < -0.4 is 18.9 Å². The predicted molar refractivity (Wildman–Crippen MR) is 216 cm³/mol. The molecule has 0 N–H and O–H groups in total. The van der Waals surface area contributed by atoms with E-state index in [2.05, 4.69) is 13.2 Å². The summed E-state index contributed by atoms with van der Waals surface area (Å²) in [5.41, 5.74) is 1.02. The van der Waals surface area contributed by atoms with Gasteiger partial charge in [-0.15, -0.1) is 0 Å². The topological polar surface area (TPSA) is 124 Å². The summed E-state index contributed by atoms with van der Waals surface area (Å²) >= 11 is 0. The van der Waals surface area contributed by atoms with Crippen LogP contribution in [-0.2, 0) is 19.1 Å². The van der Waals surface area contributed by atoms with Crippen LogP contribution in [0.5, 0.6) is 23.0 Å². The predicted octanol–water partition coefficient (Wildman–Crippen LogP) is 10.9. The van der Waals surface area contributed by atoms with Crippen molar-refractivity contribution in [2.24, 2.45) is 0 Å². The van der Waals surface area contributed by atoms with Gasteiger partial charge < -0.3 is 28.4 Å². The molecule has 3 aromatic carbocycles. The van der Waals surface area contributed by atoms with Gasteiger partial charge in [-0.1, -0.05) is 77.4 Å². The van der Waals surface area contributed by atoms with E-state index < -0.39 is 35.1 Å². The average Bonchev–Trinajstić information content (AvgIpc) is 3.21. The SMILES string of the molecule is C=C(C)C(=O)OCCCCCCCCCOc1ccc(C(=O)Oc2ccc(OC(=O)c3ccc(OCCCCCCCCCOC(=O)C(=C)C)cc3)c(F)c2F)cc1. The molecule has 58 heavy (non-hydrogen) atoms. The number of benzene rings is 3. The van der Waals surface area contributed by atoms with E-state index in [1.807, 2.05) is 0 Å². The minimum Gasteiger partial charge on any atom is -0.494 e. The van der Waals surface area contributed by atoms with Gasteiger partial charge in [0.1, 0.15) is 11.5 Å². The maximum Gasteiger partial charge on any atom is 0.343 e. The summed E-state index contributed by atoms with van der Waals surface area (Å²) in [5.74, 6) is -5.67. The zero-order valence-corrected chi connectivity index (χ0v) is 33.8. The Balaban J connectivity index is 1.30. The number of hydrogen-bond donors (Lipinski definition) is 0. The number of hydrogen-bond acceptors (Lipinski definition) is 10. The zero-order chi connectivity index (χ0) is 42.1. The Morgan fingerprint density at radius 2 is 0.741 bits per heavy atom. The highest BCUT2D eigenvalue weighted by molar-refractivity contribution is 5.92. The van der Waals surface area contributed by atoms with Gasteiger partial charge in [0.05, 0.1) is 37.6 Å². The lowest BCUT2D eigenvalue weighted by molar-refractivity contribution is -0.139. The maximum atomic E-state index is 14.9. The summed E-state index contributed by atoms with van der Waals surface area (Å²) in [7, 11) is 0. The molecule has 0 atom stereocenters. The summed E-state index contributed by atoms with van der Waals surface area (Å²) in [6.45, 7) is 12.2. The molecule has 0 bridgehead atoms. The molecule has 0 heterocycles. The number of carbonyl (C=O) groups excluding carboxylic acids is 4. The fourth-order valence-electron chi connectivity index (χ4n) is 5.50. The van der Waals surface area contributed by atoms with E-state index in [0.717, 1.165) is 102 Å². The monoisotopic (exact) mass is 806 g/mol. The fraction of sp³-hybridized carbons (Fsp3) is 0.435. The Morgan fingerprint density at radius 1 is 0.448 bits per heavy atom. The minimum absolute atomic E-state index is 0.105. The molecule has 0 saturated carbocycles. The van der Waals surface area contributed by atoms with Crippen molar-refractivity contribution in [1.82, 2.24) is 0 Å². The van der Waals surface area contributed by atoms with Gasteiger partial charge in [0.25, 0.3) is 0 Å². The Hall–Kier alpha value is -5.52. The highest BCUT2D eigenvalue weighted by Crippen LogP contribution is 2.29. The van der Waals surface area contributed by atoms with Crippen molar-refractivity contribution in [2.45, 2.75) is 104 Å². The smallest absolute Gasteiger partial charge is 0.343 e. The van der Waals surface area contributed by atoms with Crippen LogP contribution in [0, 0.1) is 11.6 Å². The second-order valence-electron chi connectivity index (χ2n) is 14.0. The van der Waals surface area contributed by atoms with Gasteiger partial charge >= 0.3 is 23.9 Å². The highest BCUT2D eigenvalue weighted by atomic mass is 19.2. The van der Waals surface area contributed by atoms with Crippen molar-refractivity contribution in [2.75, 3.05) is 26.4 Å². The molecule has 0 saturated heterocycles. The second-order valence-corrected chi connectivity index (χ2v) is 14.0. The molecule has 0 amide bonds. The zero-order valence-electron chi connectivity index (χ0n) is 33.8. The molecule has 314 valence electrons. The quantitative estimate of drug-likeness (QED) is 0.0303. The van der Waals surface area contributed by atoms with Crippen LogP contribution in [0.1, 0.15) is 124 Å². The molecular formula is C46H56F2O10. The molecule has 10 nitrogen and oxygen atoms in total. The lowest BCUT2D eigenvalue weighted by Gasteiger charge is -2.11. The van der Waals surface area contributed by atoms with Crippen molar-refractivity contribution < 1.29 is 56.4 Å². The van der Waals surface area contributed by atoms with Crippen molar-refractivity contribution in [3.05, 3.63) is 108 Å². The molecule has 0 unspecified atom stereocenters. The van der Waals surface area contributed by atoms with Crippen molar-refractivity contribution >= 4 is 23.9 Å². The van der Waals surface area contributed by atoms with E-state index in [0.29, 0.717) is 49.1 Å². The van der Waals surface area contributed by atoms with Crippen LogP contribution in [0.15, 0.2) is 85.0 Å². The molecule has 0 spiro atoms. The number of esters is 4. The first-order valence-electron chi connectivity index (χ1n) is 20.0. The number of carbonyl (C=O) groups is 4. The highest BCUT2D eigenvalue weighted by Gasteiger charge is 2.21. The minimum atomic E-state index is -1.48. The molecule has 12 heteroatoms. The summed E-state index contributed by atoms with van der Waals surface area (Å²) in [6, 6.07) is 14.3. The summed E-state index contributed by atoms with van der Waals surface area (Å²) in [5, 5.41) is 0. The third-order valence-corrected chi connectivity index (χ3v) is 8.87. The van der Waals surface area contributed by atoms with Gasteiger partial charge in [0.2, 0.25) is 11.6 Å². The Morgan fingerprint density at radius 3 is 1.05 bits per heavy atom. The largest absolute Gasteiger partial charge is 0.494 e. The van der Waals surface area contributed by atoms with Crippen LogP contribution in [0.3, 0.4) is 0 Å². The number of rotatable bonds is 28. The normalized spacial score (nSPS) is 10.7. The molecule has 0 aliphatic rings. The first-order valence-corrected chi connectivity index (χ1v) is 20.0. The van der Waals surface area contributed by atoms with Crippen LogP contribution in [0.2, 0.25) is 0 Å². The van der Waals surface area contributed by atoms with E-state index in [9.17, 15) is 28.0 Å². The second kappa shape index (κ2) is 26.4. The van der Waals surface area contributed by atoms with Crippen LogP contribution in [-0.4, -0.2) is 50.3 Å². The van der Waals surface area contributed by atoms with Crippen LogP contribution >= 0.6 is 0 Å². The lowest BCUT2D eigenvalue weighted by atomic mass is 10.1. The molecule has 3 rings (SSSR count). The Bertz CT molecular complexity index is 1660. The van der Waals surface area contributed by atoms with E-state index in [1.54, 1.807) is 38.1 Å². The number of ether oxygens (including phenoxy) is 6. The molecular weight excluding hydrogens is 750 g/mol. The number of halogens is 2. The van der Waals surface area contributed by atoms with Gasteiger partial charge in [0.15, 0.2) is 11.5 Å². The van der Waals surface area contributed by atoms with E-state index >= 15 is 0 Å². The summed E-state index contributed by atoms with van der Waals surface area (Å²) < 4.78 is 61.6. The van der Waals surface area contributed by atoms with Crippen molar-refractivity contribution in [1.29, 1.82) is 0 Å². The lowest BCUT2D eigenvalue weighted by Crippen LogP contribution is -2.12. The summed E-state index contributed by atoms with van der Waals surface area (Å²) in [6.07, 6.45) is 13.8. The maximum absolute atomic E-state index is 14.9. The third-order valence-electron chi connectivity index (χ3n) is 8.87. The first-order chi connectivity index (χ1) is 28.0. The molecule has 0 fully saturated rings. The van der Waals surface area contributed by atoms with E-state index in [-0.39, 0.29) is 23.1 Å². The summed E-state index contributed by atoms with van der Waals surface area (Å²) in [4.78, 5) is 48.1. The number of unbranched alkanes of at least 4 members (excludes halogenated alkanes) is 12. The Labute approximate surface area is 340 Å². The van der Waals surface area contributed by atoms with Gasteiger partial charge in [-0.05, 0) is 100 Å².